The van der Waals surface area contributed by atoms with E-state index in [4.69, 9.17) is 0 Å². The summed E-state index contributed by atoms with van der Waals surface area (Å²) < 4.78 is 13.3. The third kappa shape index (κ3) is 3.01. The maximum atomic E-state index is 13.3. The molecule has 0 unspecified atom stereocenters. The van der Waals surface area contributed by atoms with E-state index in [2.05, 4.69) is 10.5 Å². The van der Waals surface area contributed by atoms with Gasteiger partial charge in [-0.2, -0.15) is 5.10 Å². The normalized spacial score (nSPS) is 10.8. The van der Waals surface area contributed by atoms with Crippen molar-refractivity contribution in [1.82, 2.24) is 5.43 Å². The molecule has 0 spiro atoms. The zero-order valence-electron chi connectivity index (χ0n) is 9.68. The van der Waals surface area contributed by atoms with Gasteiger partial charge in [0.25, 0.3) is 5.91 Å². The highest BCUT2D eigenvalue weighted by molar-refractivity contribution is 7.13. The molecule has 1 heterocycles. The van der Waals surface area contributed by atoms with E-state index in [-0.39, 0.29) is 5.56 Å². The van der Waals surface area contributed by atoms with E-state index in [1.165, 1.54) is 24.4 Å². The molecule has 3 nitrogen and oxygen atoms in total. The average Bonchev–Trinajstić information content (AvgIpc) is 2.75. The molecule has 2 rings (SSSR count). The van der Waals surface area contributed by atoms with Crippen molar-refractivity contribution in [3.05, 3.63) is 57.5 Å². The number of halogens is 1. The zero-order chi connectivity index (χ0) is 13.0. The van der Waals surface area contributed by atoms with Gasteiger partial charge in [-0.05, 0) is 31.2 Å². The summed E-state index contributed by atoms with van der Waals surface area (Å²) in [4.78, 5) is 13.7. The van der Waals surface area contributed by atoms with Crippen molar-refractivity contribution in [3.63, 3.8) is 0 Å². The first-order chi connectivity index (χ1) is 8.66. The molecule has 0 aliphatic rings. The van der Waals surface area contributed by atoms with Crippen molar-refractivity contribution in [1.29, 1.82) is 0 Å². The summed E-state index contributed by atoms with van der Waals surface area (Å²) in [5.41, 5.74) is 2.28. The molecule has 1 aromatic carbocycles. The maximum absolute atomic E-state index is 13.3. The number of rotatable bonds is 3. The van der Waals surface area contributed by atoms with Crippen molar-refractivity contribution in [2.45, 2.75) is 6.92 Å². The second-order valence-electron chi connectivity index (χ2n) is 3.63. The number of benzene rings is 1. The van der Waals surface area contributed by atoms with Crippen LogP contribution in [-0.4, -0.2) is 12.1 Å². The lowest BCUT2D eigenvalue weighted by Crippen LogP contribution is -2.18. The summed E-state index contributed by atoms with van der Waals surface area (Å²) in [5.74, 6) is -1.12. The Morgan fingerprint density at radius 1 is 1.33 bits per heavy atom. The summed E-state index contributed by atoms with van der Waals surface area (Å²) in [7, 11) is 0. The molecule has 0 saturated heterocycles. The summed E-state index contributed by atoms with van der Waals surface area (Å²) in [6.07, 6.45) is 1.54. The fourth-order valence-electron chi connectivity index (χ4n) is 1.38. The van der Waals surface area contributed by atoms with Crippen LogP contribution in [0.15, 0.2) is 41.5 Å². The molecule has 0 atom stereocenters. The van der Waals surface area contributed by atoms with E-state index in [1.807, 2.05) is 19.1 Å². The van der Waals surface area contributed by atoms with Crippen LogP contribution in [-0.2, 0) is 0 Å². The van der Waals surface area contributed by atoms with Crippen molar-refractivity contribution in [3.8, 4) is 0 Å². The summed E-state index contributed by atoms with van der Waals surface area (Å²) in [6, 6.07) is 9.65. The number of nitrogens with one attached hydrogen (secondary N) is 1. The highest BCUT2D eigenvalue weighted by Crippen LogP contribution is 2.12. The molecule has 18 heavy (non-hydrogen) atoms. The van der Waals surface area contributed by atoms with Crippen LogP contribution in [0.4, 0.5) is 4.39 Å². The lowest BCUT2D eigenvalue weighted by atomic mass is 10.2. The Hall–Kier alpha value is -2.01. The third-order valence-electron chi connectivity index (χ3n) is 2.24. The predicted octanol–water partition coefficient (Wildman–Crippen LogP) is 2.96. The van der Waals surface area contributed by atoms with Gasteiger partial charge in [-0.25, -0.2) is 9.82 Å². The Balaban J connectivity index is 2.01. The molecule has 0 aliphatic carbocycles. The van der Waals surface area contributed by atoms with E-state index >= 15 is 0 Å². The molecule has 92 valence electrons. The van der Waals surface area contributed by atoms with E-state index < -0.39 is 11.7 Å². The van der Waals surface area contributed by atoms with Gasteiger partial charge in [-0.3, -0.25) is 4.79 Å². The molecule has 1 N–H and O–H groups in total. The van der Waals surface area contributed by atoms with Gasteiger partial charge in [0, 0.05) is 9.75 Å². The lowest BCUT2D eigenvalue weighted by molar-refractivity contribution is 0.0951. The molecule has 1 amide bonds. The largest absolute Gasteiger partial charge is 0.274 e. The fraction of sp³-hybridized carbons (Fsp3) is 0.0769. The number of hydrogen-bond donors (Lipinski definition) is 1. The summed E-state index contributed by atoms with van der Waals surface area (Å²) in [6.45, 7) is 1.99. The van der Waals surface area contributed by atoms with Crippen LogP contribution in [0.2, 0.25) is 0 Å². The highest BCUT2D eigenvalue weighted by Gasteiger charge is 2.08. The molecular weight excluding hydrogens is 251 g/mol. The van der Waals surface area contributed by atoms with Crippen LogP contribution < -0.4 is 5.43 Å². The fourth-order valence-corrected chi connectivity index (χ4v) is 2.13. The van der Waals surface area contributed by atoms with Gasteiger partial charge >= 0.3 is 0 Å². The van der Waals surface area contributed by atoms with E-state index in [9.17, 15) is 9.18 Å². The first-order valence-electron chi connectivity index (χ1n) is 5.31. The number of amides is 1. The second-order valence-corrected chi connectivity index (χ2v) is 4.95. The second kappa shape index (κ2) is 5.55. The quantitative estimate of drug-likeness (QED) is 0.670. The van der Waals surface area contributed by atoms with Crippen LogP contribution in [0, 0.1) is 12.7 Å². The SMILES string of the molecule is Cc1ccc(/C=N/NC(=O)c2ccccc2F)s1. The maximum Gasteiger partial charge on any atom is 0.274 e. The summed E-state index contributed by atoms with van der Waals surface area (Å²) in [5, 5.41) is 3.79. The number of carbonyl (C=O) groups is 1. The average molecular weight is 262 g/mol. The monoisotopic (exact) mass is 262 g/mol. The molecule has 2 aromatic rings. The van der Waals surface area contributed by atoms with Gasteiger partial charge in [0.1, 0.15) is 5.82 Å². The van der Waals surface area contributed by atoms with Gasteiger partial charge in [0.15, 0.2) is 0 Å². The van der Waals surface area contributed by atoms with Crippen molar-refractivity contribution in [2.75, 3.05) is 0 Å². The molecule has 0 saturated carbocycles. The molecule has 0 fully saturated rings. The number of hydrogen-bond acceptors (Lipinski definition) is 3. The molecule has 5 heteroatoms. The van der Waals surface area contributed by atoms with Gasteiger partial charge in [-0.15, -0.1) is 11.3 Å². The molecule has 0 radical (unpaired) electrons. The van der Waals surface area contributed by atoms with Crippen LogP contribution in [0.1, 0.15) is 20.1 Å². The minimum absolute atomic E-state index is 0.0167. The number of hydrazone groups is 1. The van der Waals surface area contributed by atoms with Gasteiger partial charge < -0.3 is 0 Å². The molecule has 0 bridgehead atoms. The van der Waals surface area contributed by atoms with Crippen molar-refractivity contribution < 1.29 is 9.18 Å². The van der Waals surface area contributed by atoms with Crippen molar-refractivity contribution >= 4 is 23.5 Å². The molecular formula is C13H11FN2OS. The van der Waals surface area contributed by atoms with Crippen LogP contribution in [0.5, 0.6) is 0 Å². The van der Waals surface area contributed by atoms with E-state index in [1.54, 1.807) is 17.4 Å². The van der Waals surface area contributed by atoms with E-state index in [0.717, 1.165) is 9.75 Å². The standard InChI is InChI=1S/C13H11FN2OS/c1-9-6-7-10(18-9)8-15-16-13(17)11-4-2-3-5-12(11)14/h2-8H,1H3,(H,16,17)/b15-8+. The van der Waals surface area contributed by atoms with Gasteiger partial charge in [-0.1, -0.05) is 12.1 Å². The third-order valence-corrected chi connectivity index (χ3v) is 3.17. The number of carbonyl (C=O) groups excluding carboxylic acids is 1. The topological polar surface area (TPSA) is 41.5 Å². The number of thiophene rings is 1. The van der Waals surface area contributed by atoms with Gasteiger partial charge in [0.05, 0.1) is 11.8 Å². The molecule has 0 aliphatic heterocycles. The first kappa shape index (κ1) is 12.4. The van der Waals surface area contributed by atoms with Crippen molar-refractivity contribution in [2.24, 2.45) is 5.10 Å². The van der Waals surface area contributed by atoms with E-state index in [0.29, 0.717) is 0 Å². The Morgan fingerprint density at radius 2 is 2.11 bits per heavy atom. The Morgan fingerprint density at radius 3 is 2.78 bits per heavy atom. The van der Waals surface area contributed by atoms with Gasteiger partial charge in [0.2, 0.25) is 0 Å². The number of nitrogens with zero attached hydrogens (tertiary/aromatic N) is 1. The predicted molar refractivity (Wildman–Crippen MR) is 70.5 cm³/mol. The van der Waals surface area contributed by atoms with Crippen LogP contribution in [0.25, 0.3) is 0 Å². The smallest absolute Gasteiger partial charge is 0.267 e. The Labute approximate surface area is 108 Å². The summed E-state index contributed by atoms with van der Waals surface area (Å²) >= 11 is 1.56. The minimum atomic E-state index is -0.558. The number of aryl methyl sites for hydroxylation is 1. The minimum Gasteiger partial charge on any atom is -0.267 e. The Kier molecular flexibility index (Phi) is 3.84. The highest BCUT2D eigenvalue weighted by atomic mass is 32.1. The molecule has 1 aromatic heterocycles. The Bertz CT molecular complexity index is 592. The van der Waals surface area contributed by atoms with Crippen LogP contribution in [0.3, 0.4) is 0 Å². The zero-order valence-corrected chi connectivity index (χ0v) is 10.5. The lowest BCUT2D eigenvalue weighted by Gasteiger charge is -2.00. The first-order valence-corrected chi connectivity index (χ1v) is 6.13. The van der Waals surface area contributed by atoms with Crippen LogP contribution >= 0.6 is 11.3 Å².